The zero-order valence-corrected chi connectivity index (χ0v) is 12.8. The van der Waals surface area contributed by atoms with Crippen LogP contribution in [0.5, 0.6) is 0 Å². The third-order valence-corrected chi connectivity index (χ3v) is 5.74. The van der Waals surface area contributed by atoms with Gasteiger partial charge in [0.2, 0.25) is 5.91 Å². The second kappa shape index (κ2) is 5.50. The summed E-state index contributed by atoms with van der Waals surface area (Å²) in [5.41, 5.74) is 6.31. The first-order chi connectivity index (χ1) is 10.7. The van der Waals surface area contributed by atoms with E-state index in [1.165, 1.54) is 12.8 Å². The molecule has 4 unspecified atom stereocenters. The highest BCUT2D eigenvalue weighted by Gasteiger charge is 2.50. The average Bonchev–Trinajstić information content (AvgIpc) is 3.16. The Balaban J connectivity index is 1.38. The summed E-state index contributed by atoms with van der Waals surface area (Å²) in [5, 5.41) is 8.07. The van der Waals surface area contributed by atoms with Crippen molar-refractivity contribution in [2.24, 2.45) is 23.5 Å². The maximum Gasteiger partial charge on any atom is 0.227 e. The number of anilines is 1. The zero-order valence-electron chi connectivity index (χ0n) is 12.8. The molecule has 1 saturated heterocycles. The van der Waals surface area contributed by atoms with Crippen LogP contribution in [-0.2, 0) is 4.79 Å². The van der Waals surface area contributed by atoms with Crippen molar-refractivity contribution in [3.05, 3.63) is 18.3 Å². The number of rotatable bonds is 2. The first-order valence-electron chi connectivity index (χ1n) is 8.31. The minimum atomic E-state index is 0.0711. The van der Waals surface area contributed by atoms with Crippen LogP contribution in [0.4, 0.5) is 5.82 Å². The normalized spacial score (nSPS) is 34.2. The highest BCUT2D eigenvalue weighted by Crippen LogP contribution is 2.48. The predicted molar refractivity (Wildman–Crippen MR) is 83.1 cm³/mol. The fourth-order valence-electron chi connectivity index (χ4n) is 4.53. The minimum Gasteiger partial charge on any atom is -0.352 e. The van der Waals surface area contributed by atoms with Gasteiger partial charge in [-0.3, -0.25) is 4.79 Å². The minimum absolute atomic E-state index is 0.0711. The van der Waals surface area contributed by atoms with Gasteiger partial charge in [0.25, 0.3) is 0 Å². The number of hydrogen-bond donors (Lipinski definition) is 1. The van der Waals surface area contributed by atoms with Crippen molar-refractivity contribution in [1.29, 1.82) is 0 Å². The van der Waals surface area contributed by atoms with E-state index in [0.29, 0.717) is 17.7 Å². The van der Waals surface area contributed by atoms with Crippen LogP contribution in [0.25, 0.3) is 0 Å². The number of carbonyl (C=O) groups excluding carboxylic acids is 1. The molecule has 0 spiro atoms. The molecule has 2 saturated carbocycles. The number of nitrogens with two attached hydrogens (primary N) is 1. The molecule has 2 heterocycles. The summed E-state index contributed by atoms with van der Waals surface area (Å²) < 4.78 is 0. The molecular weight excluding hydrogens is 278 g/mol. The molecule has 2 bridgehead atoms. The van der Waals surface area contributed by atoms with E-state index in [0.717, 1.165) is 38.4 Å². The van der Waals surface area contributed by atoms with Crippen molar-refractivity contribution in [3.63, 3.8) is 0 Å². The number of nitrogens with zero attached hydrogens (tertiary/aromatic N) is 4. The van der Waals surface area contributed by atoms with Gasteiger partial charge in [-0.05, 0) is 43.2 Å². The second-order valence-electron chi connectivity index (χ2n) is 6.83. The summed E-state index contributed by atoms with van der Waals surface area (Å²) in [6, 6.07) is 3.95. The monoisotopic (exact) mass is 301 g/mol. The molecule has 0 radical (unpaired) electrons. The quantitative estimate of drug-likeness (QED) is 0.861. The lowest BCUT2D eigenvalue weighted by Gasteiger charge is -2.38. The van der Waals surface area contributed by atoms with Crippen molar-refractivity contribution < 1.29 is 4.79 Å². The van der Waals surface area contributed by atoms with Gasteiger partial charge < -0.3 is 15.5 Å². The van der Waals surface area contributed by atoms with E-state index in [1.807, 2.05) is 17.0 Å². The Hall–Kier alpha value is -1.69. The van der Waals surface area contributed by atoms with Crippen molar-refractivity contribution >= 4 is 11.7 Å². The van der Waals surface area contributed by atoms with Crippen molar-refractivity contribution in [2.75, 3.05) is 31.1 Å². The van der Waals surface area contributed by atoms with Crippen LogP contribution in [0, 0.1) is 17.8 Å². The molecule has 3 aliphatic rings. The predicted octanol–water partition coefficient (Wildman–Crippen LogP) is 0.499. The van der Waals surface area contributed by atoms with E-state index in [9.17, 15) is 4.79 Å². The SMILES string of the molecule is NC1C2CCC(C2)C1C(=O)N1CCN(c2cccnn2)CC1. The smallest absolute Gasteiger partial charge is 0.227 e. The molecule has 6 nitrogen and oxygen atoms in total. The van der Waals surface area contributed by atoms with Crippen molar-refractivity contribution in [2.45, 2.75) is 25.3 Å². The highest BCUT2D eigenvalue weighted by atomic mass is 16.2. The second-order valence-corrected chi connectivity index (χ2v) is 6.83. The molecule has 6 heteroatoms. The molecule has 1 amide bonds. The molecule has 1 aliphatic heterocycles. The molecule has 1 aromatic heterocycles. The molecule has 4 atom stereocenters. The summed E-state index contributed by atoms with van der Waals surface area (Å²) in [6.07, 6.45) is 5.25. The van der Waals surface area contributed by atoms with Gasteiger partial charge in [-0.25, -0.2) is 0 Å². The lowest BCUT2D eigenvalue weighted by molar-refractivity contribution is -0.138. The number of aromatic nitrogens is 2. The topological polar surface area (TPSA) is 75.4 Å². The molecule has 118 valence electrons. The fourth-order valence-corrected chi connectivity index (χ4v) is 4.53. The molecule has 0 aromatic carbocycles. The van der Waals surface area contributed by atoms with Crippen LogP contribution in [-0.4, -0.2) is 53.2 Å². The van der Waals surface area contributed by atoms with E-state index >= 15 is 0 Å². The maximum atomic E-state index is 12.8. The third-order valence-electron chi connectivity index (χ3n) is 5.74. The highest BCUT2D eigenvalue weighted by molar-refractivity contribution is 5.81. The van der Waals surface area contributed by atoms with E-state index in [-0.39, 0.29) is 12.0 Å². The average molecular weight is 301 g/mol. The molecule has 2 aliphatic carbocycles. The number of carbonyl (C=O) groups is 1. The van der Waals surface area contributed by atoms with Gasteiger partial charge in [-0.1, -0.05) is 0 Å². The number of fused-ring (bicyclic) bond motifs is 2. The summed E-state index contributed by atoms with van der Waals surface area (Å²) in [4.78, 5) is 17.0. The van der Waals surface area contributed by atoms with Gasteiger partial charge in [0.15, 0.2) is 5.82 Å². The first kappa shape index (κ1) is 13.9. The molecule has 4 rings (SSSR count). The molecular formula is C16H23N5O. The fraction of sp³-hybridized carbons (Fsp3) is 0.688. The van der Waals surface area contributed by atoms with Crippen molar-refractivity contribution in [1.82, 2.24) is 15.1 Å². The molecule has 3 fully saturated rings. The summed E-state index contributed by atoms with van der Waals surface area (Å²) in [5.74, 6) is 2.37. The molecule has 1 aromatic rings. The van der Waals surface area contributed by atoms with Gasteiger partial charge in [0.1, 0.15) is 0 Å². The van der Waals surface area contributed by atoms with E-state index in [4.69, 9.17) is 5.73 Å². The van der Waals surface area contributed by atoms with Crippen LogP contribution >= 0.6 is 0 Å². The van der Waals surface area contributed by atoms with Crippen LogP contribution in [0.3, 0.4) is 0 Å². The summed E-state index contributed by atoms with van der Waals surface area (Å²) in [7, 11) is 0. The first-order valence-corrected chi connectivity index (χ1v) is 8.31. The van der Waals surface area contributed by atoms with E-state index < -0.39 is 0 Å². The van der Waals surface area contributed by atoms with Gasteiger partial charge >= 0.3 is 0 Å². The Morgan fingerprint density at radius 1 is 1.18 bits per heavy atom. The Morgan fingerprint density at radius 2 is 1.95 bits per heavy atom. The largest absolute Gasteiger partial charge is 0.352 e. The third kappa shape index (κ3) is 2.26. The van der Waals surface area contributed by atoms with Crippen LogP contribution in [0.2, 0.25) is 0 Å². The number of hydrogen-bond acceptors (Lipinski definition) is 5. The van der Waals surface area contributed by atoms with Gasteiger partial charge in [0, 0.05) is 38.4 Å². The Bertz CT molecular complexity index is 541. The van der Waals surface area contributed by atoms with Crippen molar-refractivity contribution in [3.8, 4) is 0 Å². The molecule has 22 heavy (non-hydrogen) atoms. The molecule has 2 N–H and O–H groups in total. The van der Waals surface area contributed by atoms with E-state index in [1.54, 1.807) is 6.20 Å². The summed E-state index contributed by atoms with van der Waals surface area (Å²) in [6.45, 7) is 3.16. The maximum absolute atomic E-state index is 12.8. The lowest BCUT2D eigenvalue weighted by atomic mass is 9.84. The Morgan fingerprint density at radius 3 is 2.59 bits per heavy atom. The standard InChI is InChI=1S/C16H23N5O/c17-15-12-4-3-11(10-12)14(15)16(22)21-8-6-20(7-9-21)13-2-1-5-18-19-13/h1-2,5,11-12,14-15H,3-4,6-10,17H2. The summed E-state index contributed by atoms with van der Waals surface area (Å²) >= 11 is 0. The van der Waals surface area contributed by atoms with Gasteiger partial charge in [-0.2, -0.15) is 5.10 Å². The van der Waals surface area contributed by atoms with E-state index in [2.05, 4.69) is 15.1 Å². The van der Waals surface area contributed by atoms with Crippen LogP contribution in [0.15, 0.2) is 18.3 Å². The van der Waals surface area contributed by atoms with Crippen LogP contribution < -0.4 is 10.6 Å². The number of piperazine rings is 1. The van der Waals surface area contributed by atoms with Crippen LogP contribution in [0.1, 0.15) is 19.3 Å². The Kier molecular flexibility index (Phi) is 3.48. The number of amides is 1. The van der Waals surface area contributed by atoms with Gasteiger partial charge in [0.05, 0.1) is 5.92 Å². The lowest BCUT2D eigenvalue weighted by Crippen LogP contribution is -2.54. The van der Waals surface area contributed by atoms with Gasteiger partial charge in [-0.15, -0.1) is 5.10 Å². The zero-order chi connectivity index (χ0) is 15.1. The Labute approximate surface area is 130 Å².